The summed E-state index contributed by atoms with van der Waals surface area (Å²) in [6.07, 6.45) is 5.69. The lowest BCUT2D eigenvalue weighted by molar-refractivity contribution is 0.0991. The third kappa shape index (κ3) is 3.76. The number of benzene rings is 1. The Balaban J connectivity index is 1.13. The number of carbonyl (C=O) groups is 1. The van der Waals surface area contributed by atoms with E-state index in [1.165, 1.54) is 28.7 Å². The van der Waals surface area contributed by atoms with E-state index in [9.17, 15) is 14.0 Å². The monoisotopic (exact) mass is 502 g/mol. The minimum absolute atomic E-state index is 0.0763. The van der Waals surface area contributed by atoms with Crippen LogP contribution in [0.15, 0.2) is 35.1 Å². The van der Waals surface area contributed by atoms with Gasteiger partial charge in [-0.05, 0) is 67.9 Å². The molecule has 2 fully saturated rings. The minimum Gasteiger partial charge on any atom is -0.334 e. The number of anilines is 2. The molecule has 4 aromatic rings. The maximum atomic E-state index is 14.7. The number of fused-ring (bicyclic) bond motifs is 5. The van der Waals surface area contributed by atoms with E-state index in [0.717, 1.165) is 37.1 Å². The molecular weight excluding hydrogens is 479 g/mol. The number of nitrogens with one attached hydrogen (secondary N) is 3. The molecule has 0 amide bonds. The van der Waals surface area contributed by atoms with Crippen LogP contribution in [0.25, 0.3) is 11.3 Å². The van der Waals surface area contributed by atoms with Gasteiger partial charge in [-0.3, -0.25) is 14.7 Å². The number of H-pyrrole nitrogens is 2. The summed E-state index contributed by atoms with van der Waals surface area (Å²) in [6, 6.07) is 8.03. The zero-order valence-electron chi connectivity index (χ0n) is 19.3. The average molecular weight is 503 g/mol. The Kier molecular flexibility index (Phi) is 4.92. The van der Waals surface area contributed by atoms with E-state index in [-0.39, 0.29) is 23.5 Å². The molecule has 7 rings (SSSR count). The molecule has 10 heteroatoms. The van der Waals surface area contributed by atoms with E-state index in [0.29, 0.717) is 39.8 Å². The van der Waals surface area contributed by atoms with Crippen molar-refractivity contribution in [2.75, 3.05) is 5.32 Å². The first-order valence-electron chi connectivity index (χ1n) is 12.3. The van der Waals surface area contributed by atoms with Gasteiger partial charge in [0.1, 0.15) is 11.5 Å². The first-order valence-corrected chi connectivity index (χ1v) is 13.1. The van der Waals surface area contributed by atoms with Crippen LogP contribution in [0, 0.1) is 5.82 Å². The van der Waals surface area contributed by atoms with Gasteiger partial charge in [0.15, 0.2) is 16.6 Å². The Hall–Kier alpha value is -3.66. The molecule has 3 aliphatic carbocycles. The van der Waals surface area contributed by atoms with Crippen LogP contribution < -0.4 is 10.9 Å². The SMILES string of the molecule is O=C(Cc1cc(-c2cc(Nc3cc(C4CC4)[nH]n3)c(=O)[nH]n2)ccc1F)c1nc2c(s1)C1CCC2C1. The fourth-order valence-corrected chi connectivity index (χ4v) is 6.66. The highest BCUT2D eigenvalue weighted by Crippen LogP contribution is 2.54. The van der Waals surface area contributed by atoms with Gasteiger partial charge < -0.3 is 5.32 Å². The van der Waals surface area contributed by atoms with Crippen molar-refractivity contribution in [3.05, 3.63) is 73.3 Å². The van der Waals surface area contributed by atoms with Crippen molar-refractivity contribution >= 4 is 28.6 Å². The molecule has 3 aromatic heterocycles. The summed E-state index contributed by atoms with van der Waals surface area (Å²) in [6.45, 7) is 0. The fourth-order valence-electron chi connectivity index (χ4n) is 5.42. The lowest BCUT2D eigenvalue weighted by Crippen LogP contribution is -2.13. The summed E-state index contributed by atoms with van der Waals surface area (Å²) >= 11 is 1.48. The van der Waals surface area contributed by atoms with Crippen LogP contribution in [-0.4, -0.2) is 31.2 Å². The van der Waals surface area contributed by atoms with E-state index in [1.807, 2.05) is 6.07 Å². The van der Waals surface area contributed by atoms with Crippen LogP contribution in [0.4, 0.5) is 15.9 Å². The van der Waals surface area contributed by atoms with Gasteiger partial charge in [-0.25, -0.2) is 14.5 Å². The molecule has 1 aromatic carbocycles. The van der Waals surface area contributed by atoms with E-state index in [4.69, 9.17) is 0 Å². The summed E-state index contributed by atoms with van der Waals surface area (Å²) in [5, 5.41) is 17.4. The van der Waals surface area contributed by atoms with Gasteiger partial charge >= 0.3 is 0 Å². The summed E-state index contributed by atoms with van der Waals surface area (Å²) in [7, 11) is 0. The molecule has 2 unspecified atom stereocenters. The van der Waals surface area contributed by atoms with E-state index < -0.39 is 11.4 Å². The molecule has 2 atom stereocenters. The first kappa shape index (κ1) is 21.6. The number of ketones is 1. The third-order valence-electron chi connectivity index (χ3n) is 7.48. The molecule has 3 N–H and O–H groups in total. The number of Topliss-reactive ketones (excluding diaryl/α,β-unsaturated/α-hetero) is 1. The van der Waals surface area contributed by atoms with Crippen molar-refractivity contribution in [2.45, 2.75) is 56.3 Å². The van der Waals surface area contributed by atoms with Crippen LogP contribution in [0.2, 0.25) is 0 Å². The maximum Gasteiger partial charge on any atom is 0.287 e. The van der Waals surface area contributed by atoms with Crippen molar-refractivity contribution in [2.24, 2.45) is 0 Å². The van der Waals surface area contributed by atoms with E-state index in [2.05, 4.69) is 30.7 Å². The van der Waals surface area contributed by atoms with Crippen LogP contribution in [0.3, 0.4) is 0 Å². The van der Waals surface area contributed by atoms with Gasteiger partial charge in [0.25, 0.3) is 5.56 Å². The van der Waals surface area contributed by atoms with Crippen molar-refractivity contribution < 1.29 is 9.18 Å². The second-order valence-electron chi connectivity index (χ2n) is 9.99. The molecule has 0 aliphatic heterocycles. The number of hydrogen-bond acceptors (Lipinski definition) is 7. The molecule has 182 valence electrons. The highest BCUT2D eigenvalue weighted by atomic mass is 32.1. The Labute approximate surface area is 209 Å². The Morgan fingerprint density at radius 2 is 1.89 bits per heavy atom. The molecule has 8 nitrogen and oxygen atoms in total. The van der Waals surface area contributed by atoms with Gasteiger partial charge in [-0.1, -0.05) is 0 Å². The maximum absolute atomic E-state index is 14.7. The van der Waals surface area contributed by atoms with Gasteiger partial charge in [0, 0.05) is 40.5 Å². The average Bonchev–Trinajstić information content (AvgIpc) is 3.24. The lowest BCUT2D eigenvalue weighted by Gasteiger charge is -2.08. The molecule has 0 saturated heterocycles. The molecular formula is C26H23FN6O2S. The van der Waals surface area contributed by atoms with Gasteiger partial charge in [0.05, 0.1) is 11.4 Å². The van der Waals surface area contributed by atoms with E-state index >= 15 is 0 Å². The molecule has 3 heterocycles. The smallest absolute Gasteiger partial charge is 0.287 e. The summed E-state index contributed by atoms with van der Waals surface area (Å²) in [4.78, 5) is 31.3. The normalized spacial score (nSPS) is 20.0. The number of halogens is 1. The van der Waals surface area contributed by atoms with Crippen molar-refractivity contribution in [1.82, 2.24) is 25.4 Å². The molecule has 0 spiro atoms. The number of aromatic nitrogens is 5. The van der Waals surface area contributed by atoms with Crippen LogP contribution >= 0.6 is 11.3 Å². The Morgan fingerprint density at radius 3 is 2.72 bits per heavy atom. The number of hydrogen-bond donors (Lipinski definition) is 3. The van der Waals surface area contributed by atoms with Crippen LogP contribution in [0.5, 0.6) is 0 Å². The number of carbonyl (C=O) groups excluding carboxylic acids is 1. The van der Waals surface area contributed by atoms with Gasteiger partial charge in [-0.15, -0.1) is 11.3 Å². The minimum atomic E-state index is -0.455. The summed E-state index contributed by atoms with van der Waals surface area (Å²) < 4.78 is 14.7. The summed E-state index contributed by atoms with van der Waals surface area (Å²) in [5.74, 6) is 1.46. The van der Waals surface area contributed by atoms with E-state index in [1.54, 1.807) is 18.2 Å². The van der Waals surface area contributed by atoms with Crippen LogP contribution in [0.1, 0.15) is 81.5 Å². The lowest BCUT2D eigenvalue weighted by atomic mass is 10.0. The molecule has 2 bridgehead atoms. The molecule has 3 aliphatic rings. The first-order chi connectivity index (χ1) is 17.5. The Bertz CT molecular complexity index is 1540. The van der Waals surface area contributed by atoms with Gasteiger partial charge in [-0.2, -0.15) is 10.2 Å². The largest absolute Gasteiger partial charge is 0.334 e. The standard InChI is InChI=1S/C26H23FN6O2S/c27-17-6-5-13(7-16(17)9-21(34)26-29-23-14-3-4-15(8-14)24(23)36-26)18-10-20(25(35)33-31-18)28-22-11-19(30-32-22)12-1-2-12/h5-7,10-12,14-15H,1-4,8-9H2,(H,33,35)(H2,28,30,31,32). The second kappa shape index (κ2) is 8.19. The molecule has 36 heavy (non-hydrogen) atoms. The topological polar surface area (TPSA) is 116 Å². The van der Waals surface area contributed by atoms with Crippen molar-refractivity contribution in [1.29, 1.82) is 0 Å². The zero-order chi connectivity index (χ0) is 24.4. The molecule has 2 saturated carbocycles. The quantitative estimate of drug-likeness (QED) is 0.300. The van der Waals surface area contributed by atoms with Crippen molar-refractivity contribution in [3.63, 3.8) is 0 Å². The number of nitrogens with zero attached hydrogens (tertiary/aromatic N) is 3. The van der Waals surface area contributed by atoms with Crippen molar-refractivity contribution in [3.8, 4) is 11.3 Å². The number of aromatic amines is 2. The highest BCUT2D eigenvalue weighted by molar-refractivity contribution is 7.14. The number of rotatable bonds is 7. The predicted octanol–water partition coefficient (Wildman–Crippen LogP) is 5.17. The van der Waals surface area contributed by atoms with Crippen LogP contribution in [-0.2, 0) is 6.42 Å². The third-order valence-corrected chi connectivity index (χ3v) is 8.76. The zero-order valence-corrected chi connectivity index (χ0v) is 20.1. The van der Waals surface area contributed by atoms with Gasteiger partial charge in [0.2, 0.25) is 0 Å². The number of thiazole rings is 1. The fraction of sp³-hybridized carbons (Fsp3) is 0.346. The summed E-state index contributed by atoms with van der Waals surface area (Å²) in [5.41, 5.74) is 3.36. The molecule has 0 radical (unpaired) electrons. The highest BCUT2D eigenvalue weighted by Gasteiger charge is 2.40. The second-order valence-corrected chi connectivity index (χ2v) is 11.0. The predicted molar refractivity (Wildman–Crippen MR) is 134 cm³/mol. The Morgan fingerprint density at radius 1 is 1.06 bits per heavy atom.